The molecule has 0 spiro atoms. The van der Waals surface area contributed by atoms with Crippen LogP contribution in [0.3, 0.4) is 0 Å². The van der Waals surface area contributed by atoms with E-state index in [4.69, 9.17) is 21.6 Å². The zero-order chi connectivity index (χ0) is 20.4. The van der Waals surface area contributed by atoms with Gasteiger partial charge in [-0.1, -0.05) is 39.7 Å². The second kappa shape index (κ2) is 8.27. The maximum Gasteiger partial charge on any atom is 0.337 e. The quantitative estimate of drug-likeness (QED) is 0.530. The predicted octanol–water partition coefficient (Wildman–Crippen LogP) is 5.68. The second-order valence-electron chi connectivity index (χ2n) is 6.28. The number of rotatable bonds is 5. The van der Waals surface area contributed by atoms with Gasteiger partial charge < -0.3 is 9.84 Å². The van der Waals surface area contributed by atoms with E-state index < -0.39 is 18.2 Å². The van der Waals surface area contributed by atoms with Crippen LogP contribution in [0.25, 0.3) is 22.0 Å². The molecule has 0 amide bonds. The van der Waals surface area contributed by atoms with Crippen LogP contribution >= 0.6 is 27.5 Å². The lowest BCUT2D eigenvalue weighted by molar-refractivity contribution is -0.152. The standard InChI is InChI=1S/C21H16BrClN2O3/c1-11(10-24)28-20(21(26)27)18-12(2)25-17-8-5-14(22)9-16(17)19(18)13-3-6-15(23)7-4-13/h3-9,11,20H,1-2H3,(H,26,27)/t11-,20?/m1/s1. The molecule has 1 aromatic heterocycles. The minimum absolute atomic E-state index is 0.419. The van der Waals surface area contributed by atoms with E-state index in [1.54, 1.807) is 19.1 Å². The highest BCUT2D eigenvalue weighted by Gasteiger charge is 2.30. The molecule has 3 aromatic rings. The van der Waals surface area contributed by atoms with E-state index in [2.05, 4.69) is 20.9 Å². The maximum atomic E-state index is 12.1. The Kier molecular flexibility index (Phi) is 5.99. The summed E-state index contributed by atoms with van der Waals surface area (Å²) in [6, 6.07) is 14.7. The molecule has 0 bridgehead atoms. The molecule has 28 heavy (non-hydrogen) atoms. The first-order chi connectivity index (χ1) is 13.3. The molecule has 0 fully saturated rings. The Bertz CT molecular complexity index is 1090. The van der Waals surface area contributed by atoms with Crippen molar-refractivity contribution < 1.29 is 14.6 Å². The SMILES string of the molecule is Cc1nc2ccc(Br)cc2c(-c2ccc(Cl)cc2)c1C(O[C@H](C)C#N)C(=O)O. The van der Waals surface area contributed by atoms with Gasteiger partial charge in [0.15, 0.2) is 6.10 Å². The molecule has 0 radical (unpaired) electrons. The van der Waals surface area contributed by atoms with E-state index in [1.807, 2.05) is 36.4 Å². The molecule has 0 aliphatic heterocycles. The summed E-state index contributed by atoms with van der Waals surface area (Å²) in [4.78, 5) is 16.6. The zero-order valence-corrected chi connectivity index (χ0v) is 17.5. The van der Waals surface area contributed by atoms with Crippen molar-refractivity contribution in [2.75, 3.05) is 0 Å². The molecule has 0 aliphatic carbocycles. The summed E-state index contributed by atoms with van der Waals surface area (Å²) in [5.74, 6) is -1.18. The van der Waals surface area contributed by atoms with Gasteiger partial charge in [-0.2, -0.15) is 5.26 Å². The van der Waals surface area contributed by atoms with Gasteiger partial charge in [0.05, 0.1) is 11.6 Å². The lowest BCUT2D eigenvalue weighted by atomic mass is 9.91. The number of ether oxygens (including phenoxy) is 1. The molecule has 142 valence electrons. The molecule has 1 N–H and O–H groups in total. The van der Waals surface area contributed by atoms with Crippen molar-refractivity contribution in [3.8, 4) is 17.2 Å². The van der Waals surface area contributed by atoms with Gasteiger partial charge >= 0.3 is 5.97 Å². The Balaban J connectivity index is 2.39. The Morgan fingerprint density at radius 1 is 1.29 bits per heavy atom. The summed E-state index contributed by atoms with van der Waals surface area (Å²) in [5, 5.41) is 20.3. The van der Waals surface area contributed by atoms with Crippen molar-refractivity contribution in [1.82, 2.24) is 4.98 Å². The molecule has 3 rings (SSSR count). The minimum Gasteiger partial charge on any atom is -0.479 e. The number of nitriles is 1. The third-order valence-corrected chi connectivity index (χ3v) is 5.06. The smallest absolute Gasteiger partial charge is 0.337 e. The highest BCUT2D eigenvalue weighted by Crippen LogP contribution is 2.39. The van der Waals surface area contributed by atoms with Crippen LogP contribution in [0.4, 0.5) is 0 Å². The molecule has 0 saturated heterocycles. The summed E-state index contributed by atoms with van der Waals surface area (Å²) in [6.07, 6.45) is -2.23. The van der Waals surface area contributed by atoms with Crippen LogP contribution in [0.15, 0.2) is 46.9 Å². The number of benzene rings is 2. The Labute approximate surface area is 175 Å². The van der Waals surface area contributed by atoms with Crippen LogP contribution in [-0.2, 0) is 9.53 Å². The van der Waals surface area contributed by atoms with Gasteiger partial charge in [-0.3, -0.25) is 4.98 Å². The van der Waals surface area contributed by atoms with Crippen LogP contribution in [0.1, 0.15) is 24.3 Å². The summed E-state index contributed by atoms with van der Waals surface area (Å²) < 4.78 is 6.39. The Hall–Kier alpha value is -2.46. The molecule has 0 aliphatic rings. The van der Waals surface area contributed by atoms with E-state index >= 15 is 0 Å². The first-order valence-electron chi connectivity index (χ1n) is 8.45. The molecule has 0 saturated carbocycles. The van der Waals surface area contributed by atoms with E-state index in [-0.39, 0.29) is 0 Å². The van der Waals surface area contributed by atoms with Crippen molar-refractivity contribution >= 4 is 44.4 Å². The van der Waals surface area contributed by atoms with Crippen LogP contribution in [-0.4, -0.2) is 22.2 Å². The fourth-order valence-corrected chi connectivity index (χ4v) is 3.59. The summed E-state index contributed by atoms with van der Waals surface area (Å²) >= 11 is 9.51. The van der Waals surface area contributed by atoms with Gasteiger partial charge in [0.25, 0.3) is 0 Å². The largest absolute Gasteiger partial charge is 0.479 e. The van der Waals surface area contributed by atoms with Crippen LogP contribution in [0.2, 0.25) is 5.02 Å². The third kappa shape index (κ3) is 4.02. The average molecular weight is 460 g/mol. The highest BCUT2D eigenvalue weighted by atomic mass is 79.9. The lowest BCUT2D eigenvalue weighted by Gasteiger charge is -2.22. The normalized spacial score (nSPS) is 13.1. The number of aromatic nitrogens is 1. The average Bonchev–Trinajstić information content (AvgIpc) is 2.66. The number of carboxylic acid groups (broad SMARTS) is 1. The van der Waals surface area contributed by atoms with Crippen molar-refractivity contribution in [2.24, 2.45) is 0 Å². The van der Waals surface area contributed by atoms with Gasteiger partial charge in [-0.05, 0) is 55.3 Å². The van der Waals surface area contributed by atoms with Crippen molar-refractivity contribution in [1.29, 1.82) is 5.26 Å². The number of aryl methyl sites for hydroxylation is 1. The highest BCUT2D eigenvalue weighted by molar-refractivity contribution is 9.10. The van der Waals surface area contributed by atoms with Gasteiger partial charge in [0, 0.05) is 26.1 Å². The number of carboxylic acids is 1. The molecular weight excluding hydrogens is 444 g/mol. The van der Waals surface area contributed by atoms with Gasteiger partial charge in [-0.25, -0.2) is 4.79 Å². The van der Waals surface area contributed by atoms with Crippen molar-refractivity contribution in [2.45, 2.75) is 26.1 Å². The minimum atomic E-state index is -1.34. The number of halogens is 2. The third-order valence-electron chi connectivity index (χ3n) is 4.32. The second-order valence-corrected chi connectivity index (χ2v) is 7.63. The van der Waals surface area contributed by atoms with Gasteiger partial charge in [0.2, 0.25) is 0 Å². The first-order valence-corrected chi connectivity index (χ1v) is 9.62. The van der Waals surface area contributed by atoms with Crippen molar-refractivity contribution in [3.05, 3.63) is 63.2 Å². The molecule has 7 heteroatoms. The number of hydrogen-bond acceptors (Lipinski definition) is 4. The fraction of sp³-hybridized carbons (Fsp3) is 0.190. The monoisotopic (exact) mass is 458 g/mol. The number of pyridine rings is 1. The van der Waals surface area contributed by atoms with E-state index in [9.17, 15) is 9.90 Å². The first kappa shape index (κ1) is 20.3. The maximum absolute atomic E-state index is 12.1. The van der Waals surface area contributed by atoms with Crippen molar-refractivity contribution in [3.63, 3.8) is 0 Å². The number of nitrogens with zero attached hydrogens (tertiary/aromatic N) is 2. The molecule has 2 aromatic carbocycles. The van der Waals surface area contributed by atoms with Crippen LogP contribution in [0, 0.1) is 18.3 Å². The molecule has 5 nitrogen and oxygen atoms in total. The number of hydrogen-bond donors (Lipinski definition) is 1. The molecular formula is C21H16BrClN2O3. The topological polar surface area (TPSA) is 83.2 Å². The van der Waals surface area contributed by atoms with Crippen LogP contribution in [0.5, 0.6) is 0 Å². The number of aliphatic carboxylic acids is 1. The Morgan fingerprint density at radius 3 is 2.57 bits per heavy atom. The fourth-order valence-electron chi connectivity index (χ4n) is 3.11. The predicted molar refractivity (Wildman–Crippen MR) is 111 cm³/mol. The summed E-state index contributed by atoms with van der Waals surface area (Å²) in [7, 11) is 0. The van der Waals surface area contributed by atoms with Gasteiger partial charge in [-0.15, -0.1) is 0 Å². The molecule has 1 heterocycles. The van der Waals surface area contributed by atoms with E-state index in [1.165, 1.54) is 6.92 Å². The molecule has 1 unspecified atom stereocenters. The number of fused-ring (bicyclic) bond motifs is 1. The zero-order valence-electron chi connectivity index (χ0n) is 15.1. The number of carbonyl (C=O) groups is 1. The van der Waals surface area contributed by atoms with Crippen LogP contribution < -0.4 is 0 Å². The summed E-state index contributed by atoms with van der Waals surface area (Å²) in [6.45, 7) is 3.25. The van der Waals surface area contributed by atoms with E-state index in [0.29, 0.717) is 21.8 Å². The van der Waals surface area contributed by atoms with E-state index in [0.717, 1.165) is 20.9 Å². The summed E-state index contributed by atoms with van der Waals surface area (Å²) in [5.41, 5.74) is 3.15. The Morgan fingerprint density at radius 2 is 1.96 bits per heavy atom. The molecule has 2 atom stereocenters. The lowest BCUT2D eigenvalue weighted by Crippen LogP contribution is -2.22. The van der Waals surface area contributed by atoms with Gasteiger partial charge in [0.1, 0.15) is 6.10 Å².